The van der Waals surface area contributed by atoms with Crippen molar-refractivity contribution in [3.63, 3.8) is 0 Å². The number of carbonyl (C=O) groups excluding carboxylic acids is 2. The van der Waals surface area contributed by atoms with Crippen LogP contribution in [0.25, 0.3) is 5.69 Å². The molecule has 0 fully saturated rings. The number of hydrogen-bond donors (Lipinski definition) is 2. The minimum Gasteiger partial charge on any atom is -0.444 e. The van der Waals surface area contributed by atoms with Gasteiger partial charge in [-0.05, 0) is 58.0 Å². The quantitative estimate of drug-likeness (QED) is 0.517. The highest BCUT2D eigenvalue weighted by atomic mass is 32.2. The van der Waals surface area contributed by atoms with Crippen LogP contribution in [0.1, 0.15) is 26.3 Å². The molecule has 2 amide bonds. The van der Waals surface area contributed by atoms with Gasteiger partial charge in [0.15, 0.2) is 5.16 Å². The van der Waals surface area contributed by atoms with Gasteiger partial charge in [-0.15, -0.1) is 10.2 Å². The lowest BCUT2D eigenvalue weighted by Gasteiger charge is -2.20. The van der Waals surface area contributed by atoms with Crippen molar-refractivity contribution in [2.45, 2.75) is 38.5 Å². The number of anilines is 2. The summed E-state index contributed by atoms with van der Waals surface area (Å²) in [7, 11) is 0. The molecule has 0 atom stereocenters. The van der Waals surface area contributed by atoms with Crippen molar-refractivity contribution >= 4 is 35.1 Å². The fourth-order valence-electron chi connectivity index (χ4n) is 2.64. The van der Waals surface area contributed by atoms with Crippen LogP contribution in [0.5, 0.6) is 0 Å². The lowest BCUT2D eigenvalue weighted by Crippen LogP contribution is -2.27. The van der Waals surface area contributed by atoms with Gasteiger partial charge in [-0.2, -0.15) is 0 Å². The maximum Gasteiger partial charge on any atom is 0.412 e. The van der Waals surface area contributed by atoms with Crippen LogP contribution in [-0.4, -0.2) is 38.1 Å². The van der Waals surface area contributed by atoms with Gasteiger partial charge in [-0.25, -0.2) is 9.18 Å². The first-order valence-electron chi connectivity index (χ1n) is 9.80. The van der Waals surface area contributed by atoms with Gasteiger partial charge in [-0.3, -0.25) is 14.7 Å². The van der Waals surface area contributed by atoms with Crippen molar-refractivity contribution in [3.8, 4) is 5.69 Å². The van der Waals surface area contributed by atoms with E-state index < -0.39 is 17.5 Å². The summed E-state index contributed by atoms with van der Waals surface area (Å²) in [6.45, 7) is 7.12. The molecular weight excluding hydrogens is 433 g/mol. The van der Waals surface area contributed by atoms with Crippen LogP contribution in [0, 0.1) is 12.7 Å². The van der Waals surface area contributed by atoms with E-state index in [9.17, 15) is 14.0 Å². The van der Waals surface area contributed by atoms with Gasteiger partial charge in [-0.1, -0.05) is 29.5 Å². The number of benzene rings is 2. The Labute approximate surface area is 189 Å². The lowest BCUT2D eigenvalue weighted by molar-refractivity contribution is -0.113. The van der Waals surface area contributed by atoms with E-state index in [1.54, 1.807) is 31.7 Å². The highest BCUT2D eigenvalue weighted by molar-refractivity contribution is 7.99. The number of carbonyl (C=O) groups is 2. The molecule has 0 spiro atoms. The SMILES string of the molecule is Cc1ccc(-n2cnnc2SCC(=O)Nc2ccc(F)c(NC(=O)OC(C)(C)C)c2)cc1. The number of aromatic nitrogens is 3. The van der Waals surface area contributed by atoms with Gasteiger partial charge in [0.1, 0.15) is 17.7 Å². The van der Waals surface area contributed by atoms with E-state index in [1.807, 2.05) is 31.2 Å². The van der Waals surface area contributed by atoms with Crippen molar-refractivity contribution in [1.82, 2.24) is 14.8 Å². The normalized spacial score (nSPS) is 11.2. The zero-order valence-electron chi connectivity index (χ0n) is 18.2. The first-order chi connectivity index (χ1) is 15.1. The summed E-state index contributed by atoms with van der Waals surface area (Å²) in [5.74, 6) is -0.894. The van der Waals surface area contributed by atoms with Crippen LogP contribution < -0.4 is 10.6 Å². The Balaban J connectivity index is 1.61. The smallest absolute Gasteiger partial charge is 0.412 e. The van der Waals surface area contributed by atoms with Crippen molar-refractivity contribution in [1.29, 1.82) is 0 Å². The number of ether oxygens (including phenoxy) is 1. The largest absolute Gasteiger partial charge is 0.444 e. The zero-order chi connectivity index (χ0) is 23.3. The van der Waals surface area contributed by atoms with E-state index in [0.717, 1.165) is 17.3 Å². The lowest BCUT2D eigenvalue weighted by atomic mass is 10.2. The Morgan fingerprint density at radius 2 is 1.84 bits per heavy atom. The molecular formula is C22H24FN5O3S. The maximum absolute atomic E-state index is 14.1. The van der Waals surface area contributed by atoms with E-state index >= 15 is 0 Å². The molecule has 1 heterocycles. The van der Waals surface area contributed by atoms with Crippen molar-refractivity contribution < 1.29 is 18.7 Å². The molecule has 3 rings (SSSR count). The summed E-state index contributed by atoms with van der Waals surface area (Å²) < 4.78 is 21.0. The van der Waals surface area contributed by atoms with E-state index in [2.05, 4.69) is 20.8 Å². The van der Waals surface area contributed by atoms with Crippen LogP contribution in [0.2, 0.25) is 0 Å². The average molecular weight is 458 g/mol. The summed E-state index contributed by atoms with van der Waals surface area (Å²) in [5, 5.41) is 13.6. The molecule has 1 aromatic heterocycles. The second-order valence-electron chi connectivity index (χ2n) is 7.98. The number of nitrogens with one attached hydrogen (secondary N) is 2. The van der Waals surface area contributed by atoms with Crippen LogP contribution in [0.15, 0.2) is 53.9 Å². The van der Waals surface area contributed by atoms with Gasteiger partial charge >= 0.3 is 6.09 Å². The topological polar surface area (TPSA) is 98.1 Å². The molecule has 168 valence electrons. The Morgan fingerprint density at radius 3 is 2.53 bits per heavy atom. The van der Waals surface area contributed by atoms with Crippen LogP contribution in [-0.2, 0) is 9.53 Å². The van der Waals surface area contributed by atoms with Crippen molar-refractivity contribution in [2.75, 3.05) is 16.4 Å². The molecule has 10 heteroatoms. The second kappa shape index (κ2) is 9.82. The number of halogens is 1. The van der Waals surface area contributed by atoms with E-state index in [-0.39, 0.29) is 17.3 Å². The monoisotopic (exact) mass is 457 g/mol. The molecule has 2 aromatic carbocycles. The summed E-state index contributed by atoms with van der Waals surface area (Å²) in [5.41, 5.74) is 1.55. The number of aryl methyl sites for hydroxylation is 1. The third-order valence-corrected chi connectivity index (χ3v) is 4.99. The molecule has 32 heavy (non-hydrogen) atoms. The molecule has 0 aliphatic carbocycles. The first kappa shape index (κ1) is 23.3. The molecule has 0 radical (unpaired) electrons. The van der Waals surface area contributed by atoms with Crippen LogP contribution >= 0.6 is 11.8 Å². The van der Waals surface area contributed by atoms with E-state index in [4.69, 9.17) is 4.74 Å². The van der Waals surface area contributed by atoms with Gasteiger partial charge in [0, 0.05) is 11.4 Å². The predicted octanol–water partition coefficient (Wildman–Crippen LogP) is 4.79. The number of thioether (sulfide) groups is 1. The number of amides is 2. The first-order valence-corrected chi connectivity index (χ1v) is 10.8. The minimum atomic E-state index is -0.786. The van der Waals surface area contributed by atoms with Gasteiger partial charge in [0.05, 0.1) is 11.4 Å². The minimum absolute atomic E-state index is 0.0662. The summed E-state index contributed by atoms with van der Waals surface area (Å²) in [4.78, 5) is 24.3. The van der Waals surface area contributed by atoms with Crippen molar-refractivity contribution in [3.05, 3.63) is 60.2 Å². The molecule has 0 aliphatic heterocycles. The fourth-order valence-corrected chi connectivity index (χ4v) is 3.37. The van der Waals surface area contributed by atoms with Gasteiger partial charge in [0.25, 0.3) is 0 Å². The van der Waals surface area contributed by atoms with Crippen LogP contribution in [0.3, 0.4) is 0 Å². The van der Waals surface area contributed by atoms with Gasteiger partial charge < -0.3 is 10.1 Å². The molecule has 0 unspecified atom stereocenters. The van der Waals surface area contributed by atoms with Crippen molar-refractivity contribution in [2.24, 2.45) is 0 Å². The number of nitrogens with zero attached hydrogens (tertiary/aromatic N) is 3. The highest BCUT2D eigenvalue weighted by Crippen LogP contribution is 2.23. The Morgan fingerprint density at radius 1 is 1.12 bits per heavy atom. The molecule has 0 saturated heterocycles. The average Bonchev–Trinajstić information content (AvgIpc) is 3.17. The summed E-state index contributed by atoms with van der Waals surface area (Å²) >= 11 is 1.22. The number of rotatable bonds is 6. The second-order valence-corrected chi connectivity index (χ2v) is 8.92. The summed E-state index contributed by atoms with van der Waals surface area (Å²) in [6, 6.07) is 11.7. The Kier molecular flexibility index (Phi) is 7.14. The highest BCUT2D eigenvalue weighted by Gasteiger charge is 2.18. The third kappa shape index (κ3) is 6.55. The van der Waals surface area contributed by atoms with E-state index in [1.165, 1.54) is 23.9 Å². The molecule has 8 nitrogen and oxygen atoms in total. The standard InChI is InChI=1S/C22H24FN5O3S/c1-14-5-8-16(9-6-14)28-13-24-27-20(28)32-12-19(29)25-15-7-10-17(23)18(11-15)26-21(30)31-22(2,3)4/h5-11,13H,12H2,1-4H3,(H,25,29)(H,26,30). The zero-order valence-corrected chi connectivity index (χ0v) is 19.0. The summed E-state index contributed by atoms with van der Waals surface area (Å²) in [6.07, 6.45) is 0.797. The predicted molar refractivity (Wildman–Crippen MR) is 122 cm³/mol. The fraction of sp³-hybridized carbons (Fsp3) is 0.273. The molecule has 0 saturated carbocycles. The molecule has 0 bridgehead atoms. The molecule has 0 aliphatic rings. The molecule has 3 aromatic rings. The molecule has 2 N–H and O–H groups in total. The Bertz CT molecular complexity index is 1110. The van der Waals surface area contributed by atoms with Crippen LogP contribution in [0.4, 0.5) is 20.6 Å². The maximum atomic E-state index is 14.1. The third-order valence-electron chi connectivity index (χ3n) is 4.05. The number of hydrogen-bond acceptors (Lipinski definition) is 6. The van der Waals surface area contributed by atoms with Gasteiger partial charge in [0.2, 0.25) is 5.91 Å². The Hall–Kier alpha value is -3.40. The van der Waals surface area contributed by atoms with E-state index in [0.29, 0.717) is 10.8 Å².